The van der Waals surface area contributed by atoms with E-state index in [0.717, 1.165) is 35.7 Å². The molecule has 0 fully saturated rings. The third-order valence-corrected chi connectivity index (χ3v) is 3.78. The van der Waals surface area contributed by atoms with Crippen LogP contribution in [0.25, 0.3) is 0 Å². The van der Waals surface area contributed by atoms with E-state index in [1.807, 2.05) is 48.5 Å². The highest BCUT2D eigenvalue weighted by Gasteiger charge is 2.02. The van der Waals surface area contributed by atoms with Crippen LogP contribution in [0.2, 0.25) is 0 Å². The number of amides is 1. The Labute approximate surface area is 154 Å². The molecule has 0 spiro atoms. The Balaban J connectivity index is 1.52. The van der Waals surface area contributed by atoms with E-state index < -0.39 is 0 Å². The Bertz CT molecular complexity index is 657. The lowest BCUT2D eigenvalue weighted by Gasteiger charge is -2.09. The number of hydrogen-bond donors (Lipinski definition) is 2. The fourth-order valence-corrected chi connectivity index (χ4v) is 2.30. The normalized spacial score (nSPS) is 10.2. The van der Waals surface area contributed by atoms with Crippen LogP contribution in [-0.2, 0) is 9.53 Å². The van der Waals surface area contributed by atoms with Gasteiger partial charge < -0.3 is 24.8 Å². The van der Waals surface area contributed by atoms with Gasteiger partial charge in [0.2, 0.25) is 5.91 Å². The zero-order chi connectivity index (χ0) is 18.6. The predicted molar refractivity (Wildman–Crippen MR) is 103 cm³/mol. The van der Waals surface area contributed by atoms with E-state index in [9.17, 15) is 4.79 Å². The molecule has 0 aliphatic rings. The molecule has 1 amide bonds. The molecule has 2 rings (SSSR count). The number of benzene rings is 2. The summed E-state index contributed by atoms with van der Waals surface area (Å²) in [4.78, 5) is 11.9. The van der Waals surface area contributed by atoms with Crippen LogP contribution >= 0.6 is 0 Å². The van der Waals surface area contributed by atoms with Crippen molar-refractivity contribution in [3.8, 4) is 11.5 Å². The SMILES string of the molecule is COc1ccc(NCOCCCCC(=O)Nc2ccc(OC)cc2)cc1. The second-order valence-electron chi connectivity index (χ2n) is 5.69. The lowest BCUT2D eigenvalue weighted by atomic mass is 10.2. The zero-order valence-electron chi connectivity index (χ0n) is 15.3. The smallest absolute Gasteiger partial charge is 0.224 e. The van der Waals surface area contributed by atoms with Gasteiger partial charge in [0.15, 0.2) is 0 Å². The Morgan fingerprint density at radius 2 is 1.42 bits per heavy atom. The topological polar surface area (TPSA) is 68.8 Å². The quantitative estimate of drug-likeness (QED) is 0.471. The summed E-state index contributed by atoms with van der Waals surface area (Å²) in [5.74, 6) is 1.60. The van der Waals surface area contributed by atoms with Crippen LogP contribution < -0.4 is 20.1 Å². The molecule has 0 aromatic heterocycles. The van der Waals surface area contributed by atoms with Gasteiger partial charge in [0.1, 0.15) is 18.2 Å². The fraction of sp³-hybridized carbons (Fsp3) is 0.350. The van der Waals surface area contributed by atoms with E-state index in [2.05, 4.69) is 10.6 Å². The number of nitrogens with one attached hydrogen (secondary N) is 2. The van der Waals surface area contributed by atoms with Crippen LogP contribution in [0.4, 0.5) is 11.4 Å². The molecule has 0 bridgehead atoms. The van der Waals surface area contributed by atoms with Crippen molar-refractivity contribution in [2.75, 3.05) is 38.2 Å². The van der Waals surface area contributed by atoms with Crippen molar-refractivity contribution >= 4 is 17.3 Å². The van der Waals surface area contributed by atoms with Crippen molar-refractivity contribution in [3.63, 3.8) is 0 Å². The van der Waals surface area contributed by atoms with Gasteiger partial charge in [0.25, 0.3) is 0 Å². The molecule has 2 aromatic rings. The Kier molecular flexibility index (Phi) is 8.29. The molecular formula is C20H26N2O4. The van der Waals surface area contributed by atoms with Gasteiger partial charge in [-0.3, -0.25) is 4.79 Å². The molecule has 0 unspecified atom stereocenters. The number of methoxy groups -OCH3 is 2. The van der Waals surface area contributed by atoms with Crippen molar-refractivity contribution in [1.29, 1.82) is 0 Å². The van der Waals surface area contributed by atoms with Gasteiger partial charge in [0.05, 0.1) is 14.2 Å². The molecule has 6 nitrogen and oxygen atoms in total. The van der Waals surface area contributed by atoms with Crippen molar-refractivity contribution < 1.29 is 19.0 Å². The minimum atomic E-state index is 0.00604. The average Bonchev–Trinajstić information content (AvgIpc) is 2.68. The molecule has 0 radical (unpaired) electrons. The molecule has 0 heterocycles. The summed E-state index contributed by atoms with van der Waals surface area (Å²) in [5, 5.41) is 6.04. The molecule has 26 heavy (non-hydrogen) atoms. The van der Waals surface area contributed by atoms with Gasteiger partial charge in [0, 0.05) is 24.4 Å². The largest absolute Gasteiger partial charge is 0.497 e. The number of carbonyl (C=O) groups is 1. The maximum atomic E-state index is 11.9. The first kappa shape index (κ1) is 19.6. The summed E-state index contributed by atoms with van der Waals surface area (Å²) in [6.07, 6.45) is 2.09. The third-order valence-electron chi connectivity index (χ3n) is 3.78. The second kappa shape index (κ2) is 11.0. The molecule has 0 atom stereocenters. The Hall–Kier alpha value is -2.73. The zero-order valence-corrected chi connectivity index (χ0v) is 15.3. The monoisotopic (exact) mass is 358 g/mol. The van der Waals surface area contributed by atoms with Gasteiger partial charge in [-0.1, -0.05) is 0 Å². The predicted octanol–water partition coefficient (Wildman–Crippen LogP) is 3.90. The maximum Gasteiger partial charge on any atom is 0.224 e. The summed E-state index contributed by atoms with van der Waals surface area (Å²) in [6.45, 7) is 1.04. The molecular weight excluding hydrogens is 332 g/mol. The van der Waals surface area contributed by atoms with Crippen molar-refractivity contribution in [1.82, 2.24) is 0 Å². The highest BCUT2D eigenvalue weighted by Crippen LogP contribution is 2.16. The summed E-state index contributed by atoms with van der Waals surface area (Å²) in [6, 6.07) is 14.9. The molecule has 0 aliphatic heterocycles. The molecule has 6 heteroatoms. The molecule has 140 valence electrons. The molecule has 0 aliphatic carbocycles. The number of ether oxygens (including phenoxy) is 3. The molecule has 2 aromatic carbocycles. The van der Waals surface area contributed by atoms with Gasteiger partial charge >= 0.3 is 0 Å². The lowest BCUT2D eigenvalue weighted by Crippen LogP contribution is -2.12. The van der Waals surface area contributed by atoms with E-state index in [1.165, 1.54) is 0 Å². The summed E-state index contributed by atoms with van der Waals surface area (Å²) in [5.41, 5.74) is 1.75. The number of anilines is 2. The Morgan fingerprint density at radius 1 is 0.846 bits per heavy atom. The highest BCUT2D eigenvalue weighted by atomic mass is 16.5. The van der Waals surface area contributed by atoms with E-state index in [-0.39, 0.29) is 5.91 Å². The van der Waals surface area contributed by atoms with Crippen LogP contribution in [0.1, 0.15) is 19.3 Å². The van der Waals surface area contributed by atoms with Gasteiger partial charge in [-0.25, -0.2) is 0 Å². The number of carbonyl (C=O) groups excluding carboxylic acids is 1. The van der Waals surface area contributed by atoms with Gasteiger partial charge in [-0.05, 0) is 61.4 Å². The van der Waals surface area contributed by atoms with Gasteiger partial charge in [-0.2, -0.15) is 0 Å². The average molecular weight is 358 g/mol. The van der Waals surface area contributed by atoms with Crippen LogP contribution in [0.5, 0.6) is 11.5 Å². The minimum absolute atomic E-state index is 0.00604. The third kappa shape index (κ3) is 7.03. The second-order valence-corrected chi connectivity index (χ2v) is 5.69. The molecule has 0 saturated carbocycles. The number of rotatable bonds is 11. The summed E-state index contributed by atoms with van der Waals surface area (Å²) < 4.78 is 15.7. The number of hydrogen-bond acceptors (Lipinski definition) is 5. The van der Waals surface area contributed by atoms with E-state index in [0.29, 0.717) is 19.8 Å². The van der Waals surface area contributed by atoms with Crippen molar-refractivity contribution in [3.05, 3.63) is 48.5 Å². The highest BCUT2D eigenvalue weighted by molar-refractivity contribution is 5.90. The van der Waals surface area contributed by atoms with Crippen LogP contribution in [0.15, 0.2) is 48.5 Å². The first-order valence-electron chi connectivity index (χ1n) is 8.61. The van der Waals surface area contributed by atoms with E-state index in [4.69, 9.17) is 14.2 Å². The van der Waals surface area contributed by atoms with Gasteiger partial charge in [-0.15, -0.1) is 0 Å². The number of unbranched alkanes of at least 4 members (excludes halogenated alkanes) is 1. The van der Waals surface area contributed by atoms with Crippen LogP contribution in [0, 0.1) is 0 Å². The minimum Gasteiger partial charge on any atom is -0.497 e. The van der Waals surface area contributed by atoms with E-state index in [1.54, 1.807) is 14.2 Å². The maximum absolute atomic E-state index is 11.9. The molecule has 2 N–H and O–H groups in total. The summed E-state index contributed by atoms with van der Waals surface area (Å²) in [7, 11) is 3.25. The first-order valence-corrected chi connectivity index (χ1v) is 8.61. The Morgan fingerprint density at radius 3 is 2.00 bits per heavy atom. The van der Waals surface area contributed by atoms with Crippen LogP contribution in [-0.4, -0.2) is 33.5 Å². The lowest BCUT2D eigenvalue weighted by molar-refractivity contribution is -0.116. The van der Waals surface area contributed by atoms with Crippen LogP contribution in [0.3, 0.4) is 0 Å². The standard InChI is InChI=1S/C20H26N2O4/c1-24-18-10-6-16(7-11-18)21-15-26-14-4-3-5-20(23)22-17-8-12-19(25-2)13-9-17/h6-13,21H,3-5,14-15H2,1-2H3,(H,22,23). The molecule has 0 saturated heterocycles. The summed E-state index contributed by atoms with van der Waals surface area (Å²) >= 11 is 0. The van der Waals surface area contributed by atoms with Crippen molar-refractivity contribution in [2.24, 2.45) is 0 Å². The fourth-order valence-electron chi connectivity index (χ4n) is 2.30. The van der Waals surface area contributed by atoms with Crippen molar-refractivity contribution in [2.45, 2.75) is 19.3 Å². The first-order chi connectivity index (χ1) is 12.7. The van der Waals surface area contributed by atoms with E-state index >= 15 is 0 Å².